The summed E-state index contributed by atoms with van der Waals surface area (Å²) in [5.41, 5.74) is 1.23. The van der Waals surface area contributed by atoms with Crippen LogP contribution in [0.4, 0.5) is 11.4 Å². The summed E-state index contributed by atoms with van der Waals surface area (Å²) in [5.74, 6) is 0. The van der Waals surface area contributed by atoms with Crippen LogP contribution < -0.4 is 62.0 Å². The van der Waals surface area contributed by atoms with Crippen molar-refractivity contribution < 1.29 is 65.8 Å². The zero-order valence-corrected chi connectivity index (χ0v) is 12.8. The summed E-state index contributed by atoms with van der Waals surface area (Å²) in [6, 6.07) is 4.45. The Kier molecular flexibility index (Phi) is 6.34. The third kappa shape index (κ3) is 4.39. The predicted octanol–water partition coefficient (Wildman–Crippen LogP) is -1.87. The van der Waals surface area contributed by atoms with E-state index in [9.17, 15) is 8.42 Å². The van der Waals surface area contributed by atoms with Crippen molar-refractivity contribution in [2.24, 2.45) is 0 Å². The summed E-state index contributed by atoms with van der Waals surface area (Å²) >= 11 is 0. The molecule has 5 nitrogen and oxygen atoms in total. The van der Waals surface area contributed by atoms with Crippen molar-refractivity contribution in [2.75, 3.05) is 24.7 Å². The standard InChI is InChI=1S/C8H12N2O3S.K.H/c1-9-6-3-7(10-2)5-8(4-6)14(11,12)13;;/h3-5,9-10H,1-2H3,(H,11,12,13);;/q;+1;-1. The van der Waals surface area contributed by atoms with E-state index in [1.165, 1.54) is 12.1 Å². The van der Waals surface area contributed by atoms with Gasteiger partial charge in [-0.2, -0.15) is 8.42 Å². The molecule has 0 saturated heterocycles. The zero-order chi connectivity index (χ0) is 10.8. The molecule has 0 amide bonds. The van der Waals surface area contributed by atoms with E-state index < -0.39 is 10.1 Å². The van der Waals surface area contributed by atoms with Crippen LogP contribution in [0.25, 0.3) is 0 Å². The van der Waals surface area contributed by atoms with Crippen molar-refractivity contribution in [3.05, 3.63) is 18.2 Å². The van der Waals surface area contributed by atoms with Crippen molar-refractivity contribution >= 4 is 21.5 Å². The molecule has 0 spiro atoms. The number of benzene rings is 1. The molecule has 1 aromatic carbocycles. The van der Waals surface area contributed by atoms with Crippen LogP contribution in [-0.2, 0) is 10.1 Å². The molecule has 0 saturated carbocycles. The molecule has 80 valence electrons. The predicted molar refractivity (Wildman–Crippen MR) is 56.5 cm³/mol. The third-order valence-corrected chi connectivity index (χ3v) is 2.61. The number of anilines is 2. The van der Waals surface area contributed by atoms with Crippen LogP contribution >= 0.6 is 0 Å². The van der Waals surface area contributed by atoms with Crippen LogP contribution in [0.5, 0.6) is 0 Å². The van der Waals surface area contributed by atoms with Crippen LogP contribution in [0.1, 0.15) is 1.43 Å². The summed E-state index contributed by atoms with van der Waals surface area (Å²) in [7, 11) is -0.810. The fraction of sp³-hybridized carbons (Fsp3) is 0.250. The Labute approximate surface area is 133 Å². The Morgan fingerprint density at radius 2 is 1.53 bits per heavy atom. The van der Waals surface area contributed by atoms with Gasteiger partial charge in [-0.25, -0.2) is 0 Å². The molecule has 0 aromatic heterocycles. The summed E-state index contributed by atoms with van der Waals surface area (Å²) < 4.78 is 30.6. The van der Waals surface area contributed by atoms with Crippen molar-refractivity contribution in [3.8, 4) is 0 Å². The number of hydrogen-bond donors (Lipinski definition) is 3. The van der Waals surface area contributed by atoms with Gasteiger partial charge in [-0.1, -0.05) is 0 Å². The van der Waals surface area contributed by atoms with E-state index in [0.29, 0.717) is 11.4 Å². The number of nitrogens with one attached hydrogen (secondary N) is 2. The molecule has 0 aliphatic rings. The first-order valence-corrected chi connectivity index (χ1v) is 5.39. The minimum absolute atomic E-state index is 0. The van der Waals surface area contributed by atoms with Crippen LogP contribution in [-0.4, -0.2) is 27.1 Å². The van der Waals surface area contributed by atoms with E-state index in [2.05, 4.69) is 10.6 Å². The molecule has 0 aliphatic carbocycles. The zero-order valence-electron chi connectivity index (χ0n) is 9.90. The Hall–Kier alpha value is 0.366. The molecule has 0 atom stereocenters. The van der Waals surface area contributed by atoms with Gasteiger partial charge in [0.05, 0.1) is 4.90 Å². The second kappa shape index (κ2) is 6.19. The SMILES string of the molecule is CNc1cc(NC)cc(S(=O)(=O)O)c1.[H-].[K+]. The van der Waals surface area contributed by atoms with E-state index in [0.717, 1.165) is 0 Å². The number of rotatable bonds is 3. The molecule has 7 heteroatoms. The molecule has 1 aromatic rings. The van der Waals surface area contributed by atoms with E-state index in [-0.39, 0.29) is 57.7 Å². The Bertz CT molecular complexity index is 417. The van der Waals surface area contributed by atoms with Crippen molar-refractivity contribution in [1.82, 2.24) is 0 Å². The van der Waals surface area contributed by atoms with Gasteiger partial charge in [0, 0.05) is 25.5 Å². The van der Waals surface area contributed by atoms with Gasteiger partial charge in [-0.05, 0) is 18.2 Å². The second-order valence-corrected chi connectivity index (χ2v) is 4.14. The molecular formula is C8H13KN2O3S. The van der Waals surface area contributed by atoms with Crippen LogP contribution in [0.3, 0.4) is 0 Å². The molecule has 3 N–H and O–H groups in total. The molecule has 0 aliphatic heterocycles. The smallest absolute Gasteiger partial charge is 1.00 e. The van der Waals surface area contributed by atoms with Gasteiger partial charge < -0.3 is 12.1 Å². The molecular weight excluding hydrogens is 243 g/mol. The van der Waals surface area contributed by atoms with Gasteiger partial charge in [0.2, 0.25) is 0 Å². The summed E-state index contributed by atoms with van der Waals surface area (Å²) in [5, 5.41) is 5.60. The van der Waals surface area contributed by atoms with E-state index in [1.807, 2.05) is 0 Å². The normalized spacial score (nSPS) is 10.3. The first-order chi connectivity index (χ1) is 6.47. The Morgan fingerprint density at radius 3 is 1.80 bits per heavy atom. The molecule has 1 rings (SSSR count). The fourth-order valence-corrected chi connectivity index (χ4v) is 1.59. The topological polar surface area (TPSA) is 78.4 Å². The van der Waals surface area contributed by atoms with Crippen molar-refractivity contribution in [2.45, 2.75) is 4.90 Å². The molecule has 0 fully saturated rings. The maximum absolute atomic E-state index is 10.9. The molecule has 0 radical (unpaired) electrons. The first-order valence-electron chi connectivity index (χ1n) is 3.95. The van der Waals surface area contributed by atoms with Gasteiger partial charge in [-0.15, -0.1) is 0 Å². The fourth-order valence-electron chi connectivity index (χ4n) is 1.04. The van der Waals surface area contributed by atoms with Crippen LogP contribution in [0.2, 0.25) is 0 Å². The van der Waals surface area contributed by atoms with Crippen molar-refractivity contribution in [3.63, 3.8) is 0 Å². The maximum Gasteiger partial charge on any atom is 1.00 e. The Balaban J connectivity index is 0. The Morgan fingerprint density at radius 1 is 1.13 bits per heavy atom. The third-order valence-electron chi connectivity index (χ3n) is 1.78. The van der Waals surface area contributed by atoms with Gasteiger partial charge in [0.1, 0.15) is 0 Å². The average Bonchev–Trinajstić information content (AvgIpc) is 2.15. The minimum atomic E-state index is -4.15. The average molecular weight is 256 g/mol. The van der Waals surface area contributed by atoms with Gasteiger partial charge >= 0.3 is 51.4 Å². The van der Waals surface area contributed by atoms with E-state index in [4.69, 9.17) is 4.55 Å². The van der Waals surface area contributed by atoms with Crippen LogP contribution in [0.15, 0.2) is 23.1 Å². The summed E-state index contributed by atoms with van der Waals surface area (Å²) in [6.45, 7) is 0. The summed E-state index contributed by atoms with van der Waals surface area (Å²) in [6.07, 6.45) is 0. The molecule has 0 bridgehead atoms. The van der Waals surface area contributed by atoms with E-state index >= 15 is 0 Å². The minimum Gasteiger partial charge on any atom is -1.00 e. The van der Waals surface area contributed by atoms with Crippen LogP contribution in [0, 0.1) is 0 Å². The van der Waals surface area contributed by atoms with Gasteiger partial charge in [0.25, 0.3) is 10.1 Å². The van der Waals surface area contributed by atoms with Gasteiger partial charge in [0.15, 0.2) is 0 Å². The van der Waals surface area contributed by atoms with E-state index in [1.54, 1.807) is 20.2 Å². The largest absolute Gasteiger partial charge is 1.00 e. The molecule has 0 unspecified atom stereocenters. The number of hydrogen-bond acceptors (Lipinski definition) is 4. The first kappa shape index (κ1) is 15.4. The van der Waals surface area contributed by atoms with Crippen molar-refractivity contribution in [1.29, 1.82) is 0 Å². The quantitative estimate of drug-likeness (QED) is 0.436. The maximum atomic E-state index is 10.9. The van der Waals surface area contributed by atoms with Gasteiger partial charge in [-0.3, -0.25) is 4.55 Å². The molecule has 15 heavy (non-hydrogen) atoms. The molecule has 0 heterocycles. The summed E-state index contributed by atoms with van der Waals surface area (Å²) in [4.78, 5) is -0.131. The monoisotopic (exact) mass is 256 g/mol. The second-order valence-electron chi connectivity index (χ2n) is 2.72.